The monoisotopic (exact) mass is 296 g/mol. The molecule has 5 nitrogen and oxygen atoms in total. The first-order valence-electron chi connectivity index (χ1n) is 7.44. The average Bonchev–Trinajstić information content (AvgIpc) is 2.79. The maximum atomic E-state index is 12.7. The zero-order valence-corrected chi connectivity index (χ0v) is 12.2. The number of hydrogen-bond donors (Lipinski definition) is 0. The van der Waals surface area contributed by atoms with Crippen LogP contribution in [0.2, 0.25) is 0 Å². The Balaban J connectivity index is 1.68. The number of rotatable bonds is 2. The second kappa shape index (κ2) is 4.53. The van der Waals surface area contributed by atoms with Gasteiger partial charge in [-0.05, 0) is 5.56 Å². The average molecular weight is 296 g/mol. The fourth-order valence-corrected chi connectivity index (χ4v) is 3.89. The van der Waals surface area contributed by atoms with Crippen molar-refractivity contribution in [3.8, 4) is 0 Å². The van der Waals surface area contributed by atoms with Gasteiger partial charge in [0.1, 0.15) is 0 Å². The van der Waals surface area contributed by atoms with E-state index in [-0.39, 0.29) is 30.3 Å². The summed E-state index contributed by atoms with van der Waals surface area (Å²) in [6, 6.07) is 9.17. The standard InChI is InChI=1S/C17H16N2O3/c1-18-12-8-7-11(15(18)20)13-14(12)17(22)19(16(13)21)9-10-5-3-2-4-6-10/h2-8,11-14H,9H2,1H3/t11-,12+,13-,14-/m1/s1. The molecule has 1 aromatic carbocycles. The third kappa shape index (κ3) is 1.62. The number of piperidine rings is 1. The van der Waals surface area contributed by atoms with E-state index in [0.29, 0.717) is 0 Å². The molecule has 0 N–H and O–H groups in total. The Hall–Kier alpha value is -2.43. The second-order valence-corrected chi connectivity index (χ2v) is 6.15. The van der Waals surface area contributed by atoms with Crippen molar-refractivity contribution in [3.63, 3.8) is 0 Å². The predicted molar refractivity (Wildman–Crippen MR) is 78.2 cm³/mol. The van der Waals surface area contributed by atoms with Gasteiger partial charge >= 0.3 is 0 Å². The van der Waals surface area contributed by atoms with E-state index >= 15 is 0 Å². The molecule has 1 aromatic rings. The van der Waals surface area contributed by atoms with Crippen LogP contribution in [-0.4, -0.2) is 40.6 Å². The molecule has 0 saturated carbocycles. The third-order valence-corrected chi connectivity index (χ3v) is 5.02. The van der Waals surface area contributed by atoms with Crippen molar-refractivity contribution in [1.29, 1.82) is 0 Å². The van der Waals surface area contributed by atoms with E-state index in [1.54, 1.807) is 18.0 Å². The molecule has 5 rings (SSSR count). The minimum absolute atomic E-state index is 0.0588. The molecule has 3 amide bonds. The maximum Gasteiger partial charge on any atom is 0.235 e. The van der Waals surface area contributed by atoms with Gasteiger partial charge in [0.05, 0.1) is 30.3 Å². The highest BCUT2D eigenvalue weighted by Crippen LogP contribution is 2.45. The number of amides is 3. The Morgan fingerprint density at radius 2 is 1.59 bits per heavy atom. The summed E-state index contributed by atoms with van der Waals surface area (Å²) in [5, 5.41) is 0. The topological polar surface area (TPSA) is 57.7 Å². The first-order valence-corrected chi connectivity index (χ1v) is 7.44. The molecular weight excluding hydrogens is 280 g/mol. The van der Waals surface area contributed by atoms with Crippen LogP contribution in [0, 0.1) is 17.8 Å². The number of benzene rings is 1. The fraction of sp³-hybridized carbons (Fsp3) is 0.353. The van der Waals surface area contributed by atoms with Crippen LogP contribution in [0.15, 0.2) is 42.5 Å². The lowest BCUT2D eigenvalue weighted by Gasteiger charge is -2.44. The van der Waals surface area contributed by atoms with Crippen LogP contribution < -0.4 is 0 Å². The number of carbonyl (C=O) groups excluding carboxylic acids is 3. The van der Waals surface area contributed by atoms with Gasteiger partial charge in [0, 0.05) is 7.05 Å². The van der Waals surface area contributed by atoms with Crippen LogP contribution in [0.3, 0.4) is 0 Å². The molecule has 0 aromatic heterocycles. The number of likely N-dealkylation sites (N-methyl/N-ethyl adjacent to an activating group) is 1. The highest BCUT2D eigenvalue weighted by Gasteiger charge is 2.60. The molecule has 0 radical (unpaired) electrons. The summed E-state index contributed by atoms with van der Waals surface area (Å²) in [5.74, 6) is -1.85. The lowest BCUT2D eigenvalue weighted by atomic mass is 9.70. The van der Waals surface area contributed by atoms with E-state index in [0.717, 1.165) is 5.56 Å². The summed E-state index contributed by atoms with van der Waals surface area (Å²) < 4.78 is 0. The molecule has 3 aliphatic heterocycles. The second-order valence-electron chi connectivity index (χ2n) is 6.15. The molecule has 22 heavy (non-hydrogen) atoms. The lowest BCUT2D eigenvalue weighted by Crippen LogP contribution is -2.57. The number of imide groups is 1. The van der Waals surface area contributed by atoms with Crippen molar-refractivity contribution >= 4 is 17.7 Å². The summed E-state index contributed by atoms with van der Waals surface area (Å²) >= 11 is 0. The van der Waals surface area contributed by atoms with Crippen molar-refractivity contribution in [2.45, 2.75) is 12.6 Å². The van der Waals surface area contributed by atoms with Crippen LogP contribution in [0.25, 0.3) is 0 Å². The molecular formula is C17H16N2O3. The Morgan fingerprint density at radius 3 is 2.32 bits per heavy atom. The molecule has 2 bridgehead atoms. The van der Waals surface area contributed by atoms with E-state index in [4.69, 9.17) is 0 Å². The molecule has 4 aliphatic rings. The van der Waals surface area contributed by atoms with Crippen molar-refractivity contribution in [2.24, 2.45) is 17.8 Å². The summed E-state index contributed by atoms with van der Waals surface area (Å²) in [7, 11) is 1.71. The van der Waals surface area contributed by atoms with Crippen molar-refractivity contribution in [1.82, 2.24) is 9.80 Å². The summed E-state index contributed by atoms with van der Waals surface area (Å²) in [6.45, 7) is 0.281. The van der Waals surface area contributed by atoms with E-state index in [2.05, 4.69) is 0 Å². The van der Waals surface area contributed by atoms with E-state index < -0.39 is 17.8 Å². The zero-order chi connectivity index (χ0) is 15.4. The van der Waals surface area contributed by atoms with Crippen molar-refractivity contribution in [3.05, 3.63) is 48.0 Å². The largest absolute Gasteiger partial charge is 0.338 e. The third-order valence-electron chi connectivity index (χ3n) is 5.02. The molecule has 5 heteroatoms. The van der Waals surface area contributed by atoms with Gasteiger partial charge in [-0.1, -0.05) is 42.5 Å². The van der Waals surface area contributed by atoms with Gasteiger partial charge < -0.3 is 4.90 Å². The molecule has 1 aliphatic carbocycles. The highest BCUT2D eigenvalue weighted by molar-refractivity contribution is 6.09. The number of likely N-dealkylation sites (tertiary alicyclic amines) is 1. The van der Waals surface area contributed by atoms with Crippen LogP contribution in [0.5, 0.6) is 0 Å². The number of nitrogens with zero attached hydrogens (tertiary/aromatic N) is 2. The molecule has 4 atom stereocenters. The van der Waals surface area contributed by atoms with Gasteiger partial charge in [-0.15, -0.1) is 0 Å². The minimum atomic E-state index is -0.519. The maximum absolute atomic E-state index is 12.7. The van der Waals surface area contributed by atoms with Crippen molar-refractivity contribution in [2.75, 3.05) is 7.05 Å². The molecule has 3 heterocycles. The quantitative estimate of drug-likeness (QED) is 0.599. The van der Waals surface area contributed by atoms with Gasteiger partial charge in [-0.2, -0.15) is 0 Å². The van der Waals surface area contributed by atoms with Crippen LogP contribution in [-0.2, 0) is 20.9 Å². The lowest BCUT2D eigenvalue weighted by molar-refractivity contribution is -0.148. The molecule has 0 unspecified atom stereocenters. The van der Waals surface area contributed by atoms with Crippen LogP contribution in [0.1, 0.15) is 5.56 Å². The van der Waals surface area contributed by atoms with E-state index in [9.17, 15) is 14.4 Å². The number of carbonyl (C=O) groups is 3. The van der Waals surface area contributed by atoms with Gasteiger partial charge in [-0.25, -0.2) is 0 Å². The molecule has 2 saturated heterocycles. The first-order chi connectivity index (χ1) is 10.6. The van der Waals surface area contributed by atoms with Crippen LogP contribution in [0.4, 0.5) is 0 Å². The SMILES string of the molecule is CN1C(=O)[C@@H]2C=C[C@H]1[C@H]1C(=O)N(Cc3ccccc3)C(=O)[C@@H]12. The smallest absolute Gasteiger partial charge is 0.235 e. The molecule has 112 valence electrons. The molecule has 2 fully saturated rings. The van der Waals surface area contributed by atoms with Gasteiger partial charge in [0.15, 0.2) is 0 Å². The number of hydrogen-bond acceptors (Lipinski definition) is 3. The van der Waals surface area contributed by atoms with Gasteiger partial charge in [0.2, 0.25) is 17.7 Å². The Labute approximate surface area is 128 Å². The first kappa shape index (κ1) is 13.2. The normalized spacial score (nSPS) is 32.9. The number of fused-ring (bicyclic) bond motifs is 1. The summed E-state index contributed by atoms with van der Waals surface area (Å²) in [4.78, 5) is 40.6. The molecule has 0 spiro atoms. The Bertz CT molecular complexity index is 697. The zero-order valence-electron chi connectivity index (χ0n) is 12.2. The van der Waals surface area contributed by atoms with Gasteiger partial charge in [-0.3, -0.25) is 19.3 Å². The summed E-state index contributed by atoms with van der Waals surface area (Å²) in [6.07, 6.45) is 3.69. The van der Waals surface area contributed by atoms with Crippen LogP contribution >= 0.6 is 0 Å². The minimum Gasteiger partial charge on any atom is -0.338 e. The van der Waals surface area contributed by atoms with E-state index in [1.807, 2.05) is 36.4 Å². The fourth-order valence-electron chi connectivity index (χ4n) is 3.89. The summed E-state index contributed by atoms with van der Waals surface area (Å²) in [5.41, 5.74) is 0.919. The Kier molecular flexibility index (Phi) is 2.73. The van der Waals surface area contributed by atoms with Gasteiger partial charge in [0.25, 0.3) is 0 Å². The van der Waals surface area contributed by atoms with E-state index in [1.165, 1.54) is 4.90 Å². The highest BCUT2D eigenvalue weighted by atomic mass is 16.2. The predicted octanol–water partition coefficient (Wildman–Crippen LogP) is 0.814. The van der Waals surface area contributed by atoms with Crippen molar-refractivity contribution < 1.29 is 14.4 Å². The Morgan fingerprint density at radius 1 is 0.909 bits per heavy atom.